The van der Waals surface area contributed by atoms with E-state index in [4.69, 9.17) is 0 Å². The van der Waals surface area contributed by atoms with Crippen LogP contribution in [0.4, 0.5) is 17.1 Å². The molecule has 2 aromatic rings. The van der Waals surface area contributed by atoms with E-state index >= 15 is 0 Å². The first-order chi connectivity index (χ1) is 12.7. The van der Waals surface area contributed by atoms with Crippen molar-refractivity contribution in [2.24, 2.45) is 0 Å². The molecule has 0 radical (unpaired) electrons. The number of hydrogen-bond donors (Lipinski definition) is 1. The lowest BCUT2D eigenvalue weighted by molar-refractivity contribution is -0.116. The maximum Gasteiger partial charge on any atom is 0.226 e. The SMILES string of the molecule is CCN(CC)c1ccc(NC(=O)CCN2CCCc3ccccc32)cc1. The molecule has 1 heterocycles. The fourth-order valence-electron chi connectivity index (χ4n) is 3.65. The Bertz CT molecular complexity index is 722. The van der Waals surface area contributed by atoms with Gasteiger partial charge in [0.05, 0.1) is 0 Å². The molecule has 0 unspecified atom stereocenters. The monoisotopic (exact) mass is 351 g/mol. The Balaban J connectivity index is 1.53. The lowest BCUT2D eigenvalue weighted by atomic mass is 10.0. The van der Waals surface area contributed by atoms with E-state index in [1.54, 1.807) is 0 Å². The summed E-state index contributed by atoms with van der Waals surface area (Å²) in [5.74, 6) is 0.0728. The Morgan fingerprint density at radius 2 is 1.81 bits per heavy atom. The number of benzene rings is 2. The van der Waals surface area contributed by atoms with E-state index < -0.39 is 0 Å². The zero-order chi connectivity index (χ0) is 18.4. The first-order valence-electron chi connectivity index (χ1n) is 9.69. The molecule has 0 aromatic heterocycles. The second-order valence-electron chi connectivity index (χ2n) is 6.74. The van der Waals surface area contributed by atoms with Crippen molar-refractivity contribution in [2.75, 3.05) is 41.3 Å². The number of carbonyl (C=O) groups excluding carboxylic acids is 1. The smallest absolute Gasteiger partial charge is 0.226 e. The summed E-state index contributed by atoms with van der Waals surface area (Å²) in [6, 6.07) is 16.7. The van der Waals surface area contributed by atoms with Crippen molar-refractivity contribution in [3.63, 3.8) is 0 Å². The number of nitrogens with one attached hydrogen (secondary N) is 1. The summed E-state index contributed by atoms with van der Waals surface area (Å²) in [5.41, 5.74) is 4.74. The topological polar surface area (TPSA) is 35.6 Å². The molecular formula is C22H29N3O. The van der Waals surface area contributed by atoms with Crippen LogP contribution in [0.15, 0.2) is 48.5 Å². The fraction of sp³-hybridized carbons (Fsp3) is 0.409. The second-order valence-corrected chi connectivity index (χ2v) is 6.74. The van der Waals surface area contributed by atoms with E-state index in [9.17, 15) is 4.79 Å². The molecule has 1 aliphatic heterocycles. The third-order valence-corrected chi connectivity index (χ3v) is 5.09. The molecule has 0 fully saturated rings. The Labute approximate surface area is 156 Å². The van der Waals surface area contributed by atoms with E-state index in [0.29, 0.717) is 6.42 Å². The van der Waals surface area contributed by atoms with Crippen molar-refractivity contribution in [1.29, 1.82) is 0 Å². The summed E-state index contributed by atoms with van der Waals surface area (Å²) >= 11 is 0. The van der Waals surface area contributed by atoms with Gasteiger partial charge < -0.3 is 15.1 Å². The van der Waals surface area contributed by atoms with Gasteiger partial charge in [-0.25, -0.2) is 0 Å². The van der Waals surface area contributed by atoms with Crippen molar-refractivity contribution < 1.29 is 4.79 Å². The van der Waals surface area contributed by atoms with Gasteiger partial charge in [0, 0.05) is 49.7 Å². The number of nitrogens with zero attached hydrogens (tertiary/aromatic N) is 2. The minimum atomic E-state index is 0.0728. The van der Waals surface area contributed by atoms with Crippen LogP contribution in [0.1, 0.15) is 32.3 Å². The van der Waals surface area contributed by atoms with Gasteiger partial charge in [0.15, 0.2) is 0 Å². The summed E-state index contributed by atoms with van der Waals surface area (Å²) in [7, 11) is 0. The van der Waals surface area contributed by atoms with Gasteiger partial charge in [-0.05, 0) is 62.6 Å². The molecule has 2 aromatic carbocycles. The van der Waals surface area contributed by atoms with Crippen LogP contribution < -0.4 is 15.1 Å². The highest BCUT2D eigenvalue weighted by atomic mass is 16.1. The largest absolute Gasteiger partial charge is 0.372 e. The van der Waals surface area contributed by atoms with Gasteiger partial charge in [0.1, 0.15) is 0 Å². The van der Waals surface area contributed by atoms with E-state index in [1.807, 2.05) is 12.1 Å². The number of anilines is 3. The number of amides is 1. The van der Waals surface area contributed by atoms with Crippen LogP contribution >= 0.6 is 0 Å². The van der Waals surface area contributed by atoms with Crippen LogP contribution in [0, 0.1) is 0 Å². The van der Waals surface area contributed by atoms with Crippen LogP contribution in [-0.4, -0.2) is 32.1 Å². The Morgan fingerprint density at radius 3 is 2.54 bits per heavy atom. The van der Waals surface area contributed by atoms with Crippen molar-refractivity contribution in [3.8, 4) is 0 Å². The van der Waals surface area contributed by atoms with Gasteiger partial charge in [-0.3, -0.25) is 4.79 Å². The quantitative estimate of drug-likeness (QED) is 0.807. The van der Waals surface area contributed by atoms with Crippen molar-refractivity contribution in [3.05, 3.63) is 54.1 Å². The third-order valence-electron chi connectivity index (χ3n) is 5.09. The number of carbonyl (C=O) groups is 1. The standard InChI is InChI=1S/C22H29N3O/c1-3-24(4-2)20-13-11-19(12-14-20)23-22(26)15-17-25-16-7-9-18-8-5-6-10-21(18)25/h5-6,8,10-14H,3-4,7,9,15-17H2,1-2H3,(H,23,26). The first-order valence-corrected chi connectivity index (χ1v) is 9.69. The van der Waals surface area contributed by atoms with Crippen molar-refractivity contribution >= 4 is 23.0 Å². The lowest BCUT2D eigenvalue weighted by Gasteiger charge is -2.31. The summed E-state index contributed by atoms with van der Waals surface area (Å²) < 4.78 is 0. The van der Waals surface area contributed by atoms with Crippen LogP contribution in [0.5, 0.6) is 0 Å². The number of para-hydroxylation sites is 1. The van der Waals surface area contributed by atoms with Crippen LogP contribution in [0.25, 0.3) is 0 Å². The van der Waals surface area contributed by atoms with E-state index in [1.165, 1.54) is 16.9 Å². The number of rotatable bonds is 7. The molecule has 0 aliphatic carbocycles. The summed E-state index contributed by atoms with van der Waals surface area (Å²) in [6.45, 7) is 8.07. The van der Waals surface area contributed by atoms with Crippen LogP contribution in [0.3, 0.4) is 0 Å². The normalized spacial score (nSPS) is 13.2. The first kappa shape index (κ1) is 18.3. The molecule has 1 amide bonds. The Kier molecular flexibility index (Phi) is 6.16. The fourth-order valence-corrected chi connectivity index (χ4v) is 3.65. The molecule has 26 heavy (non-hydrogen) atoms. The highest BCUT2D eigenvalue weighted by Gasteiger charge is 2.16. The van der Waals surface area contributed by atoms with Crippen molar-refractivity contribution in [2.45, 2.75) is 33.1 Å². The third kappa shape index (κ3) is 4.37. The molecule has 4 heteroatoms. The highest BCUT2D eigenvalue weighted by molar-refractivity contribution is 5.91. The van der Waals surface area contributed by atoms with Gasteiger partial charge in [-0.15, -0.1) is 0 Å². The average molecular weight is 351 g/mol. The number of hydrogen-bond acceptors (Lipinski definition) is 3. The lowest BCUT2D eigenvalue weighted by Crippen LogP contribution is -2.32. The Hall–Kier alpha value is -2.49. The van der Waals surface area contributed by atoms with Crippen molar-refractivity contribution in [1.82, 2.24) is 0 Å². The maximum atomic E-state index is 12.4. The predicted octanol–water partition coefficient (Wildman–Crippen LogP) is 4.31. The minimum Gasteiger partial charge on any atom is -0.372 e. The highest BCUT2D eigenvalue weighted by Crippen LogP contribution is 2.26. The minimum absolute atomic E-state index is 0.0728. The molecular weight excluding hydrogens is 322 g/mol. The Morgan fingerprint density at radius 1 is 1.08 bits per heavy atom. The molecule has 1 N–H and O–H groups in total. The molecule has 0 atom stereocenters. The average Bonchev–Trinajstić information content (AvgIpc) is 2.68. The zero-order valence-electron chi connectivity index (χ0n) is 15.9. The molecule has 0 spiro atoms. The summed E-state index contributed by atoms with van der Waals surface area (Å²) in [4.78, 5) is 17.0. The summed E-state index contributed by atoms with van der Waals surface area (Å²) in [6.07, 6.45) is 2.80. The molecule has 0 saturated heterocycles. The molecule has 0 saturated carbocycles. The van der Waals surface area contributed by atoms with E-state index in [2.05, 4.69) is 65.4 Å². The molecule has 3 rings (SSSR count). The number of fused-ring (bicyclic) bond motifs is 1. The molecule has 1 aliphatic rings. The van der Waals surface area contributed by atoms with Gasteiger partial charge in [0.2, 0.25) is 5.91 Å². The van der Waals surface area contributed by atoms with Gasteiger partial charge >= 0.3 is 0 Å². The van der Waals surface area contributed by atoms with Gasteiger partial charge in [-0.1, -0.05) is 18.2 Å². The molecule has 138 valence electrons. The zero-order valence-corrected chi connectivity index (χ0v) is 15.9. The van der Waals surface area contributed by atoms with Crippen LogP contribution in [0.2, 0.25) is 0 Å². The second kappa shape index (κ2) is 8.75. The number of aryl methyl sites for hydroxylation is 1. The summed E-state index contributed by atoms with van der Waals surface area (Å²) in [5, 5.41) is 3.02. The van der Waals surface area contributed by atoms with E-state index in [-0.39, 0.29) is 5.91 Å². The van der Waals surface area contributed by atoms with Gasteiger partial charge in [0.25, 0.3) is 0 Å². The maximum absolute atomic E-state index is 12.4. The molecule has 0 bridgehead atoms. The molecule has 4 nitrogen and oxygen atoms in total. The van der Waals surface area contributed by atoms with Crippen LogP contribution in [-0.2, 0) is 11.2 Å². The van der Waals surface area contributed by atoms with Gasteiger partial charge in [-0.2, -0.15) is 0 Å². The predicted molar refractivity (Wildman–Crippen MR) is 110 cm³/mol. The van der Waals surface area contributed by atoms with E-state index in [0.717, 1.165) is 44.7 Å².